The van der Waals surface area contributed by atoms with E-state index in [0.29, 0.717) is 5.92 Å². The normalized spacial score (nSPS) is 18.0. The Bertz CT molecular complexity index is 691. The van der Waals surface area contributed by atoms with Gasteiger partial charge in [0.2, 0.25) is 0 Å². The maximum atomic E-state index is 12.6. The van der Waals surface area contributed by atoms with Crippen molar-refractivity contribution in [3.63, 3.8) is 0 Å². The molecule has 2 heterocycles. The molecule has 2 aromatic rings. The molecule has 0 saturated heterocycles. The summed E-state index contributed by atoms with van der Waals surface area (Å²) in [6, 6.07) is 13.5. The number of benzene rings is 2. The summed E-state index contributed by atoms with van der Waals surface area (Å²) in [6.07, 6.45) is 7.50. The van der Waals surface area contributed by atoms with Crippen LogP contribution in [0.3, 0.4) is 0 Å². The first-order chi connectivity index (χ1) is 11.8. The molecule has 0 bridgehead atoms. The lowest BCUT2D eigenvalue weighted by molar-refractivity contribution is 0.622. The van der Waals surface area contributed by atoms with Gasteiger partial charge in [-0.3, -0.25) is 0 Å². The lowest BCUT2D eigenvalue weighted by Gasteiger charge is -2.17. The maximum Gasteiger partial charge on any atom is 0.123 e. The number of hydrogen-bond donors (Lipinski definition) is 2. The van der Waals surface area contributed by atoms with Gasteiger partial charge in [0.15, 0.2) is 0 Å². The van der Waals surface area contributed by atoms with Gasteiger partial charge in [0.25, 0.3) is 0 Å². The number of fused-ring (bicyclic) bond motifs is 1. The number of anilines is 1. The Kier molecular flexibility index (Phi) is 5.52. The first-order valence-corrected chi connectivity index (χ1v) is 8.77. The molecule has 0 fully saturated rings. The van der Waals surface area contributed by atoms with Crippen LogP contribution in [0.15, 0.2) is 54.7 Å². The van der Waals surface area contributed by atoms with Crippen LogP contribution in [-0.2, 0) is 12.8 Å². The van der Waals surface area contributed by atoms with Crippen LogP contribution in [0.25, 0.3) is 0 Å². The van der Waals surface area contributed by atoms with Crippen molar-refractivity contribution in [3.05, 3.63) is 77.2 Å². The smallest absolute Gasteiger partial charge is 0.123 e. The summed E-state index contributed by atoms with van der Waals surface area (Å²) < 4.78 is 12.6. The Labute approximate surface area is 143 Å². The zero-order valence-corrected chi connectivity index (χ0v) is 14.2. The molecule has 126 valence electrons. The van der Waals surface area contributed by atoms with E-state index < -0.39 is 0 Å². The highest BCUT2D eigenvalue weighted by Gasteiger charge is 2.10. The minimum atomic E-state index is -0.165. The number of halogens is 1. The van der Waals surface area contributed by atoms with Crippen LogP contribution in [0.5, 0.6) is 0 Å². The number of rotatable bonds is 2. The Morgan fingerprint density at radius 2 is 1.92 bits per heavy atom. The highest BCUT2D eigenvalue weighted by Crippen LogP contribution is 2.23. The molecule has 1 unspecified atom stereocenters. The van der Waals surface area contributed by atoms with E-state index in [2.05, 4.69) is 41.8 Å². The second-order valence-electron chi connectivity index (χ2n) is 6.28. The molecule has 0 spiro atoms. The standard InChI is InChI=1S/C11H12FN.C10H13N/c12-11-3-1-9(2-4-11)10-5-7-13-8-6-10;1-2-8-3-4-9-5-6-11-10(9)7-8/h1-5,7,10,13H,6,8H2;3-4,7,11H,2,5-6H2,1H3. The lowest BCUT2D eigenvalue weighted by atomic mass is 9.94. The van der Waals surface area contributed by atoms with Crippen molar-refractivity contribution >= 4 is 5.69 Å². The van der Waals surface area contributed by atoms with E-state index >= 15 is 0 Å². The third kappa shape index (κ3) is 4.16. The highest BCUT2D eigenvalue weighted by molar-refractivity contribution is 5.56. The number of allylic oxidation sites excluding steroid dienone is 1. The third-order valence-electron chi connectivity index (χ3n) is 4.64. The molecule has 2 aromatic carbocycles. The number of aryl methyl sites for hydroxylation is 1. The van der Waals surface area contributed by atoms with E-state index in [9.17, 15) is 4.39 Å². The number of nitrogens with one attached hydrogen (secondary N) is 2. The predicted molar refractivity (Wildman–Crippen MR) is 98.9 cm³/mol. The van der Waals surface area contributed by atoms with Crippen molar-refractivity contribution in [2.24, 2.45) is 0 Å². The molecule has 0 saturated carbocycles. The Morgan fingerprint density at radius 3 is 2.62 bits per heavy atom. The molecule has 4 rings (SSSR count). The molecular weight excluding hydrogens is 299 g/mol. The molecule has 2 nitrogen and oxygen atoms in total. The summed E-state index contributed by atoms with van der Waals surface area (Å²) >= 11 is 0. The minimum absolute atomic E-state index is 0.165. The van der Waals surface area contributed by atoms with Crippen LogP contribution in [0.1, 0.15) is 36.0 Å². The second kappa shape index (κ2) is 8.00. The van der Waals surface area contributed by atoms with E-state index in [1.54, 1.807) is 0 Å². The zero-order chi connectivity index (χ0) is 16.8. The van der Waals surface area contributed by atoms with Gasteiger partial charge in [-0.15, -0.1) is 0 Å². The van der Waals surface area contributed by atoms with Gasteiger partial charge in [0, 0.05) is 24.7 Å². The first kappa shape index (κ1) is 16.6. The van der Waals surface area contributed by atoms with Crippen molar-refractivity contribution in [1.82, 2.24) is 5.32 Å². The van der Waals surface area contributed by atoms with Gasteiger partial charge in [0.05, 0.1) is 0 Å². The molecule has 3 heteroatoms. The van der Waals surface area contributed by atoms with E-state index in [1.165, 1.54) is 40.9 Å². The Hall–Kier alpha value is -2.29. The summed E-state index contributed by atoms with van der Waals surface area (Å²) in [7, 11) is 0. The van der Waals surface area contributed by atoms with Crippen LogP contribution < -0.4 is 10.6 Å². The van der Waals surface area contributed by atoms with Gasteiger partial charge >= 0.3 is 0 Å². The Morgan fingerprint density at radius 1 is 1.08 bits per heavy atom. The van der Waals surface area contributed by atoms with Gasteiger partial charge in [0.1, 0.15) is 5.82 Å². The van der Waals surface area contributed by atoms with E-state index in [4.69, 9.17) is 0 Å². The van der Waals surface area contributed by atoms with Crippen LogP contribution in [0, 0.1) is 5.82 Å². The topological polar surface area (TPSA) is 24.1 Å². The van der Waals surface area contributed by atoms with Crippen molar-refractivity contribution in [2.75, 3.05) is 18.4 Å². The Balaban J connectivity index is 0.000000143. The molecule has 0 aliphatic carbocycles. The quantitative estimate of drug-likeness (QED) is 0.841. The fraction of sp³-hybridized carbons (Fsp3) is 0.333. The van der Waals surface area contributed by atoms with Gasteiger partial charge in [-0.1, -0.05) is 37.3 Å². The van der Waals surface area contributed by atoms with Crippen LogP contribution in [0.2, 0.25) is 0 Å². The third-order valence-corrected chi connectivity index (χ3v) is 4.64. The van der Waals surface area contributed by atoms with Crippen molar-refractivity contribution in [2.45, 2.75) is 32.1 Å². The average molecular weight is 324 g/mol. The summed E-state index contributed by atoms with van der Waals surface area (Å²) in [5, 5.41) is 6.52. The van der Waals surface area contributed by atoms with E-state index in [0.717, 1.165) is 25.9 Å². The van der Waals surface area contributed by atoms with Crippen LogP contribution in [0.4, 0.5) is 10.1 Å². The first-order valence-electron chi connectivity index (χ1n) is 8.77. The molecule has 0 radical (unpaired) electrons. The van der Waals surface area contributed by atoms with Gasteiger partial charge in [-0.2, -0.15) is 0 Å². The molecule has 0 aromatic heterocycles. The van der Waals surface area contributed by atoms with E-state index in [1.807, 2.05) is 18.3 Å². The summed E-state index contributed by atoms with van der Waals surface area (Å²) in [6.45, 7) is 4.30. The van der Waals surface area contributed by atoms with Crippen molar-refractivity contribution < 1.29 is 4.39 Å². The zero-order valence-electron chi connectivity index (χ0n) is 14.2. The van der Waals surface area contributed by atoms with Crippen molar-refractivity contribution in [1.29, 1.82) is 0 Å². The van der Waals surface area contributed by atoms with Crippen LogP contribution in [-0.4, -0.2) is 13.1 Å². The summed E-state index contributed by atoms with van der Waals surface area (Å²) in [5.74, 6) is 0.281. The molecule has 24 heavy (non-hydrogen) atoms. The monoisotopic (exact) mass is 324 g/mol. The maximum absolute atomic E-state index is 12.6. The highest BCUT2D eigenvalue weighted by atomic mass is 19.1. The van der Waals surface area contributed by atoms with Gasteiger partial charge in [-0.05, 0) is 60.4 Å². The SMILES string of the molecule is CCc1ccc2c(c1)NCC2.Fc1ccc(C2C=CNCC2)cc1. The van der Waals surface area contributed by atoms with Crippen LogP contribution >= 0.6 is 0 Å². The summed E-state index contributed by atoms with van der Waals surface area (Å²) in [4.78, 5) is 0. The van der Waals surface area contributed by atoms with Gasteiger partial charge in [-0.25, -0.2) is 4.39 Å². The largest absolute Gasteiger partial charge is 0.391 e. The molecular formula is C21H25FN2. The lowest BCUT2D eigenvalue weighted by Crippen LogP contribution is -2.15. The molecule has 2 N–H and O–H groups in total. The molecule has 2 aliphatic rings. The average Bonchev–Trinajstić information content (AvgIpc) is 3.11. The molecule has 1 atom stereocenters. The number of hydrogen-bond acceptors (Lipinski definition) is 2. The summed E-state index contributed by atoms with van der Waals surface area (Å²) in [5.41, 5.74) is 5.45. The second-order valence-corrected chi connectivity index (χ2v) is 6.28. The van der Waals surface area contributed by atoms with Crippen molar-refractivity contribution in [3.8, 4) is 0 Å². The van der Waals surface area contributed by atoms with Gasteiger partial charge < -0.3 is 10.6 Å². The fourth-order valence-electron chi connectivity index (χ4n) is 3.15. The predicted octanol–water partition coefficient (Wildman–Crippen LogP) is 4.63. The molecule has 0 amide bonds. The van der Waals surface area contributed by atoms with E-state index in [-0.39, 0.29) is 5.82 Å². The minimum Gasteiger partial charge on any atom is -0.391 e. The molecule has 2 aliphatic heterocycles. The fourth-order valence-corrected chi connectivity index (χ4v) is 3.15.